The zero-order valence-electron chi connectivity index (χ0n) is 6.85. The van der Waals surface area contributed by atoms with Crippen molar-refractivity contribution in [3.63, 3.8) is 0 Å². The average molecular weight is 154 g/mol. The van der Waals surface area contributed by atoms with E-state index in [0.717, 1.165) is 0 Å². The van der Waals surface area contributed by atoms with E-state index >= 15 is 0 Å². The molecule has 0 radical (unpaired) electrons. The van der Waals surface area contributed by atoms with Crippen molar-refractivity contribution in [2.24, 2.45) is 0 Å². The molecule has 0 saturated carbocycles. The first-order chi connectivity index (χ1) is 4.66. The first kappa shape index (κ1) is 7.93. The minimum Gasteiger partial charge on any atom is -0.123 e. The molecule has 0 nitrogen and oxygen atoms in total. The smallest absolute Gasteiger partial charge is 0.0352 e. The van der Waals surface area contributed by atoms with Gasteiger partial charge in [0.25, 0.3) is 0 Å². The number of thioether (sulfide) groups is 1. The van der Waals surface area contributed by atoms with Crippen molar-refractivity contribution in [1.82, 2.24) is 0 Å². The third kappa shape index (κ3) is 1.66. The zero-order valence-corrected chi connectivity index (χ0v) is 7.66. The van der Waals surface area contributed by atoms with E-state index in [1.165, 1.54) is 12.0 Å². The van der Waals surface area contributed by atoms with E-state index in [-0.39, 0.29) is 0 Å². The number of rotatable bonds is 1. The van der Waals surface area contributed by atoms with Crippen LogP contribution < -0.4 is 0 Å². The van der Waals surface area contributed by atoms with Crippen molar-refractivity contribution in [2.45, 2.75) is 31.9 Å². The Hall–Kier alpha value is -0.170. The van der Waals surface area contributed by atoms with Gasteiger partial charge in [0.2, 0.25) is 0 Å². The van der Waals surface area contributed by atoms with Gasteiger partial charge < -0.3 is 0 Å². The molecule has 1 rings (SSSR count). The molecule has 0 aliphatic carbocycles. The summed E-state index contributed by atoms with van der Waals surface area (Å²) >= 11 is 1.92. The van der Waals surface area contributed by atoms with Crippen LogP contribution in [0.2, 0.25) is 0 Å². The predicted octanol–water partition coefficient (Wildman–Crippen LogP) is 3.36. The molecule has 1 atom stereocenters. The number of hydrogen-bond donors (Lipinski definition) is 0. The fraction of sp³-hybridized carbons (Fsp3) is 0.556. The van der Waals surface area contributed by atoms with E-state index in [1.807, 2.05) is 11.8 Å². The first-order valence-corrected chi connectivity index (χ1v) is 4.58. The van der Waals surface area contributed by atoms with Gasteiger partial charge in [0.05, 0.1) is 0 Å². The Kier molecular flexibility index (Phi) is 2.24. The highest BCUT2D eigenvalue weighted by atomic mass is 32.2. The molecule has 0 saturated heterocycles. The second-order valence-corrected chi connectivity index (χ2v) is 4.38. The molecule has 0 aromatic carbocycles. The fourth-order valence-corrected chi connectivity index (χ4v) is 1.66. The molecule has 0 aromatic heterocycles. The van der Waals surface area contributed by atoms with Gasteiger partial charge in [0.1, 0.15) is 0 Å². The SMILES string of the molecule is CCC1(C)C=CC(C)=CS1. The van der Waals surface area contributed by atoms with Gasteiger partial charge in [-0.05, 0) is 31.2 Å². The predicted molar refractivity (Wildman–Crippen MR) is 49.2 cm³/mol. The van der Waals surface area contributed by atoms with Crippen LogP contribution in [0.15, 0.2) is 23.1 Å². The lowest BCUT2D eigenvalue weighted by molar-refractivity contribution is 0.756. The van der Waals surface area contributed by atoms with E-state index in [0.29, 0.717) is 4.75 Å². The van der Waals surface area contributed by atoms with Crippen molar-refractivity contribution in [3.8, 4) is 0 Å². The van der Waals surface area contributed by atoms with Crippen LogP contribution >= 0.6 is 11.8 Å². The van der Waals surface area contributed by atoms with Gasteiger partial charge in [-0.3, -0.25) is 0 Å². The summed E-state index contributed by atoms with van der Waals surface area (Å²) in [4.78, 5) is 0. The molecule has 1 aliphatic rings. The molecule has 0 fully saturated rings. The molecule has 1 aliphatic heterocycles. The van der Waals surface area contributed by atoms with Gasteiger partial charge >= 0.3 is 0 Å². The van der Waals surface area contributed by atoms with E-state index in [4.69, 9.17) is 0 Å². The highest BCUT2D eigenvalue weighted by Crippen LogP contribution is 2.35. The molecular formula is C9H14S. The van der Waals surface area contributed by atoms with Crippen molar-refractivity contribution in [2.75, 3.05) is 0 Å². The normalized spacial score (nSPS) is 32.1. The fourth-order valence-electron chi connectivity index (χ4n) is 0.815. The lowest BCUT2D eigenvalue weighted by atomic mass is 10.1. The number of hydrogen-bond acceptors (Lipinski definition) is 1. The van der Waals surface area contributed by atoms with Gasteiger partial charge in [-0.1, -0.05) is 19.1 Å². The minimum absolute atomic E-state index is 0.361. The summed E-state index contributed by atoms with van der Waals surface area (Å²) in [6.45, 7) is 6.64. The third-order valence-electron chi connectivity index (χ3n) is 1.91. The summed E-state index contributed by atoms with van der Waals surface area (Å²) in [5.41, 5.74) is 1.37. The quantitative estimate of drug-likeness (QED) is 0.558. The number of allylic oxidation sites excluding steroid dienone is 2. The lowest BCUT2D eigenvalue weighted by Crippen LogP contribution is -2.15. The molecule has 1 heteroatoms. The molecule has 0 aromatic rings. The Morgan fingerprint density at radius 2 is 2.30 bits per heavy atom. The van der Waals surface area contributed by atoms with E-state index < -0.39 is 0 Å². The zero-order chi connectivity index (χ0) is 7.61. The standard InChI is InChI=1S/C9H14S/c1-4-9(3)6-5-8(2)7-10-9/h5-7H,4H2,1-3H3. The highest BCUT2D eigenvalue weighted by Gasteiger charge is 2.19. The summed E-state index contributed by atoms with van der Waals surface area (Å²) in [5.74, 6) is 0. The van der Waals surface area contributed by atoms with Crippen LogP contribution in [-0.2, 0) is 0 Å². The Morgan fingerprint density at radius 3 is 2.70 bits per heavy atom. The van der Waals surface area contributed by atoms with Gasteiger partial charge in [-0.25, -0.2) is 0 Å². The first-order valence-electron chi connectivity index (χ1n) is 3.70. The average Bonchev–Trinajstić information content (AvgIpc) is 1.96. The Morgan fingerprint density at radius 1 is 1.60 bits per heavy atom. The molecule has 0 spiro atoms. The van der Waals surface area contributed by atoms with Crippen molar-refractivity contribution >= 4 is 11.8 Å². The monoisotopic (exact) mass is 154 g/mol. The third-order valence-corrected chi connectivity index (χ3v) is 3.37. The summed E-state index contributed by atoms with van der Waals surface area (Å²) < 4.78 is 0.361. The maximum absolute atomic E-state index is 2.30. The molecule has 0 amide bonds. The second kappa shape index (κ2) is 2.83. The highest BCUT2D eigenvalue weighted by molar-refractivity contribution is 8.03. The molecule has 1 unspecified atom stereocenters. The molecule has 56 valence electrons. The van der Waals surface area contributed by atoms with Crippen LogP contribution in [-0.4, -0.2) is 4.75 Å². The van der Waals surface area contributed by atoms with Gasteiger partial charge in [0, 0.05) is 4.75 Å². The lowest BCUT2D eigenvalue weighted by Gasteiger charge is -2.24. The summed E-state index contributed by atoms with van der Waals surface area (Å²) in [7, 11) is 0. The molecule has 0 bridgehead atoms. The largest absolute Gasteiger partial charge is 0.123 e. The Bertz CT molecular complexity index is 179. The van der Waals surface area contributed by atoms with Gasteiger partial charge in [-0.15, -0.1) is 11.8 Å². The molecule has 10 heavy (non-hydrogen) atoms. The van der Waals surface area contributed by atoms with Crippen LogP contribution in [0.4, 0.5) is 0 Å². The van der Waals surface area contributed by atoms with Crippen LogP contribution in [0.5, 0.6) is 0 Å². The maximum atomic E-state index is 2.30. The Balaban J connectivity index is 2.67. The van der Waals surface area contributed by atoms with Gasteiger partial charge in [-0.2, -0.15) is 0 Å². The van der Waals surface area contributed by atoms with E-state index in [2.05, 4.69) is 38.3 Å². The Labute approximate surface area is 67.4 Å². The summed E-state index contributed by atoms with van der Waals surface area (Å²) in [6, 6.07) is 0. The van der Waals surface area contributed by atoms with Crippen molar-refractivity contribution in [3.05, 3.63) is 23.1 Å². The van der Waals surface area contributed by atoms with Crippen LogP contribution in [0, 0.1) is 0 Å². The van der Waals surface area contributed by atoms with Crippen LogP contribution in [0.1, 0.15) is 27.2 Å². The van der Waals surface area contributed by atoms with Crippen LogP contribution in [0.25, 0.3) is 0 Å². The topological polar surface area (TPSA) is 0 Å². The molecular weight excluding hydrogens is 140 g/mol. The van der Waals surface area contributed by atoms with Crippen molar-refractivity contribution in [1.29, 1.82) is 0 Å². The van der Waals surface area contributed by atoms with Crippen molar-refractivity contribution < 1.29 is 0 Å². The van der Waals surface area contributed by atoms with Gasteiger partial charge in [0.15, 0.2) is 0 Å². The summed E-state index contributed by atoms with van der Waals surface area (Å²) in [6.07, 6.45) is 5.71. The van der Waals surface area contributed by atoms with E-state index in [9.17, 15) is 0 Å². The minimum atomic E-state index is 0.361. The molecule has 0 N–H and O–H groups in total. The van der Waals surface area contributed by atoms with E-state index in [1.54, 1.807) is 0 Å². The molecule has 1 heterocycles. The maximum Gasteiger partial charge on any atom is 0.0352 e. The summed E-state index contributed by atoms with van der Waals surface area (Å²) in [5, 5.41) is 2.24. The second-order valence-electron chi connectivity index (χ2n) is 2.98. The van der Waals surface area contributed by atoms with Crippen LogP contribution in [0.3, 0.4) is 0 Å².